The highest BCUT2D eigenvalue weighted by Gasteiger charge is 2.10. The van der Waals surface area contributed by atoms with Crippen molar-refractivity contribution in [2.75, 3.05) is 0 Å². The van der Waals surface area contributed by atoms with Gasteiger partial charge in [0.15, 0.2) is 0 Å². The number of phenols is 1. The second-order valence-electron chi connectivity index (χ2n) is 5.31. The van der Waals surface area contributed by atoms with E-state index in [9.17, 15) is 13.5 Å². The number of benzene rings is 2. The van der Waals surface area contributed by atoms with Crippen molar-refractivity contribution in [1.82, 2.24) is 0 Å². The number of nitrogens with two attached hydrogens (primary N) is 1. The molecule has 0 aliphatic heterocycles. The van der Waals surface area contributed by atoms with Crippen LogP contribution in [0.4, 0.5) is 0 Å². The monoisotopic (exact) mass is 347 g/mol. The molecule has 0 bridgehead atoms. The summed E-state index contributed by atoms with van der Waals surface area (Å²) in [5.41, 5.74) is 4.38. The second-order valence-corrected chi connectivity index (χ2v) is 6.46. The molecule has 0 heterocycles. The molecule has 0 aromatic heterocycles. The van der Waals surface area contributed by atoms with E-state index in [-0.39, 0.29) is 11.5 Å². The van der Waals surface area contributed by atoms with Gasteiger partial charge in [-0.3, -0.25) is 0 Å². The smallest absolute Gasteiger partial charge is 0.380 e. The fourth-order valence-electron chi connectivity index (χ4n) is 2.69. The van der Waals surface area contributed by atoms with Crippen LogP contribution in [0.25, 0.3) is 11.1 Å². The lowest BCUT2D eigenvalue weighted by atomic mass is 9.91. The van der Waals surface area contributed by atoms with E-state index in [2.05, 4.69) is 18.0 Å². The van der Waals surface area contributed by atoms with Crippen molar-refractivity contribution in [3.63, 3.8) is 0 Å². The van der Waals surface area contributed by atoms with Gasteiger partial charge in [-0.1, -0.05) is 38.1 Å². The van der Waals surface area contributed by atoms with Crippen LogP contribution in [0.2, 0.25) is 0 Å². The Morgan fingerprint density at radius 1 is 0.917 bits per heavy atom. The molecule has 0 atom stereocenters. The zero-order valence-corrected chi connectivity index (χ0v) is 14.5. The van der Waals surface area contributed by atoms with Gasteiger partial charge in [-0.15, -0.1) is 0 Å². The topological polar surface area (TPSA) is 89.6 Å². The van der Waals surface area contributed by atoms with E-state index in [1.807, 2.05) is 24.3 Å². The Morgan fingerprint density at radius 2 is 1.33 bits per heavy atom. The van der Waals surface area contributed by atoms with Crippen molar-refractivity contribution in [1.29, 1.82) is 0 Å². The third-order valence-electron chi connectivity index (χ3n) is 3.70. The number of aromatic hydroxyl groups is 1. The number of allylic oxidation sites excluding steroid dienone is 2. The van der Waals surface area contributed by atoms with Crippen LogP contribution in [0.3, 0.4) is 0 Å². The molecule has 6 heteroatoms. The van der Waals surface area contributed by atoms with Crippen molar-refractivity contribution >= 4 is 21.5 Å². The van der Waals surface area contributed by atoms with Crippen LogP contribution >= 0.6 is 0 Å². The first-order chi connectivity index (χ1) is 11.3. The summed E-state index contributed by atoms with van der Waals surface area (Å²) in [7, 11) is -4.02. The summed E-state index contributed by atoms with van der Waals surface area (Å²) in [6, 6.07) is 13.9. The van der Waals surface area contributed by atoms with E-state index in [0.717, 1.165) is 29.5 Å². The molecule has 0 unspecified atom stereocenters. The molecule has 0 saturated carbocycles. The summed E-state index contributed by atoms with van der Waals surface area (Å²) in [5.74, 6) is 0.413. The highest BCUT2D eigenvalue weighted by molar-refractivity contribution is 7.84. The van der Waals surface area contributed by atoms with Crippen molar-refractivity contribution in [2.24, 2.45) is 5.14 Å². The first kappa shape index (κ1) is 18.0. The van der Waals surface area contributed by atoms with Crippen LogP contribution in [0.1, 0.15) is 37.8 Å². The van der Waals surface area contributed by atoms with Crippen LogP contribution < -0.4 is 9.32 Å². The molecule has 0 radical (unpaired) electrons. The highest BCUT2D eigenvalue weighted by atomic mass is 32.2. The van der Waals surface area contributed by atoms with Crippen LogP contribution in [-0.4, -0.2) is 13.5 Å². The minimum atomic E-state index is -4.02. The Kier molecular flexibility index (Phi) is 5.64. The van der Waals surface area contributed by atoms with Crippen LogP contribution in [-0.2, 0) is 10.3 Å². The fraction of sp³-hybridized carbons (Fsp3) is 0.222. The first-order valence-corrected chi connectivity index (χ1v) is 9.15. The molecular weight excluding hydrogens is 326 g/mol. The average Bonchev–Trinajstić information content (AvgIpc) is 2.53. The molecule has 2 aromatic rings. The molecule has 5 nitrogen and oxygen atoms in total. The minimum Gasteiger partial charge on any atom is -0.508 e. The molecule has 3 N–H and O–H groups in total. The Balaban J connectivity index is 2.43. The summed E-state index contributed by atoms with van der Waals surface area (Å²) in [6.45, 7) is 4.15. The van der Waals surface area contributed by atoms with E-state index in [1.165, 1.54) is 5.57 Å². The maximum absolute atomic E-state index is 11.0. The van der Waals surface area contributed by atoms with Crippen LogP contribution in [0, 0.1) is 0 Å². The van der Waals surface area contributed by atoms with E-state index >= 15 is 0 Å². The molecule has 0 aliphatic rings. The Hall–Kier alpha value is -2.31. The molecule has 2 aromatic carbocycles. The second kappa shape index (κ2) is 7.51. The molecule has 2 rings (SSSR count). The lowest BCUT2D eigenvalue weighted by Gasteiger charge is -2.14. The summed E-state index contributed by atoms with van der Waals surface area (Å²) in [4.78, 5) is 0. The first-order valence-electron chi connectivity index (χ1n) is 7.68. The molecule has 128 valence electrons. The zero-order chi connectivity index (χ0) is 17.7. The number of hydrogen-bond donors (Lipinski definition) is 2. The average molecular weight is 347 g/mol. The summed E-state index contributed by atoms with van der Waals surface area (Å²) in [5, 5.41) is 14.3. The third-order valence-corrected chi connectivity index (χ3v) is 4.13. The van der Waals surface area contributed by atoms with Gasteiger partial charge in [-0.25, -0.2) is 0 Å². The maximum atomic E-state index is 11.0. The van der Waals surface area contributed by atoms with Gasteiger partial charge in [0, 0.05) is 0 Å². The van der Waals surface area contributed by atoms with E-state index < -0.39 is 10.3 Å². The summed E-state index contributed by atoms with van der Waals surface area (Å²) in [6.07, 6.45) is 1.66. The van der Waals surface area contributed by atoms with Gasteiger partial charge in [0.1, 0.15) is 11.5 Å². The molecule has 24 heavy (non-hydrogen) atoms. The van der Waals surface area contributed by atoms with Crippen LogP contribution in [0.15, 0.2) is 48.5 Å². The van der Waals surface area contributed by atoms with Gasteiger partial charge in [0.2, 0.25) is 0 Å². The number of phenolic OH excluding ortho intramolecular Hbond substituents is 1. The van der Waals surface area contributed by atoms with Gasteiger partial charge in [0.25, 0.3) is 0 Å². The standard InChI is InChI=1S/C18H21NO4S/c1-3-17(13-5-9-15(20)10-6-13)18(4-2)14-7-11-16(12-8-14)23-24(19,21)22/h5-12,20H,3-4H2,1-2H3,(H2,19,21,22). The zero-order valence-electron chi connectivity index (χ0n) is 13.7. The summed E-state index contributed by atoms with van der Waals surface area (Å²) < 4.78 is 26.6. The SMILES string of the molecule is CCC(=C(CC)c1ccc(OS(N)(=O)=O)cc1)c1ccc(O)cc1. The third kappa shape index (κ3) is 4.59. The lowest BCUT2D eigenvalue weighted by molar-refractivity contribution is 0.475. The number of hydrogen-bond acceptors (Lipinski definition) is 4. The van der Waals surface area contributed by atoms with Crippen LogP contribution in [0.5, 0.6) is 11.5 Å². The fourth-order valence-corrected chi connectivity index (χ4v) is 3.07. The predicted molar refractivity (Wildman–Crippen MR) is 95.7 cm³/mol. The Labute approximate surface area is 142 Å². The van der Waals surface area contributed by atoms with Crippen molar-refractivity contribution in [2.45, 2.75) is 26.7 Å². The van der Waals surface area contributed by atoms with Gasteiger partial charge in [-0.2, -0.15) is 13.6 Å². The Morgan fingerprint density at radius 3 is 1.71 bits per heavy atom. The number of rotatable bonds is 6. The van der Waals surface area contributed by atoms with Crippen molar-refractivity contribution < 1.29 is 17.7 Å². The van der Waals surface area contributed by atoms with E-state index in [0.29, 0.717) is 0 Å². The van der Waals surface area contributed by atoms with Crippen molar-refractivity contribution in [3.8, 4) is 11.5 Å². The van der Waals surface area contributed by atoms with Gasteiger partial charge in [-0.05, 0) is 59.4 Å². The molecule has 0 amide bonds. The predicted octanol–water partition coefficient (Wildman–Crippen LogP) is 3.71. The quantitative estimate of drug-likeness (QED) is 0.780. The van der Waals surface area contributed by atoms with Gasteiger partial charge < -0.3 is 9.29 Å². The van der Waals surface area contributed by atoms with E-state index in [1.54, 1.807) is 24.3 Å². The molecule has 0 fully saturated rings. The molecular formula is C18H21NO4S. The van der Waals surface area contributed by atoms with Gasteiger partial charge >= 0.3 is 10.3 Å². The van der Waals surface area contributed by atoms with E-state index in [4.69, 9.17) is 5.14 Å². The normalized spacial score (nSPS) is 12.6. The Bertz CT molecular complexity index is 822. The lowest BCUT2D eigenvalue weighted by Crippen LogP contribution is -2.18. The largest absolute Gasteiger partial charge is 0.508 e. The van der Waals surface area contributed by atoms with Crippen molar-refractivity contribution in [3.05, 3.63) is 59.7 Å². The molecule has 0 spiro atoms. The minimum absolute atomic E-state index is 0.180. The molecule has 0 aliphatic carbocycles. The molecule has 0 saturated heterocycles. The highest BCUT2D eigenvalue weighted by Crippen LogP contribution is 2.32. The summed E-state index contributed by atoms with van der Waals surface area (Å²) >= 11 is 0. The van der Waals surface area contributed by atoms with Gasteiger partial charge in [0.05, 0.1) is 0 Å². The maximum Gasteiger partial charge on any atom is 0.380 e.